The zero-order valence-corrected chi connectivity index (χ0v) is 14.0. The molecule has 0 saturated heterocycles. The van der Waals surface area contributed by atoms with Crippen LogP contribution in [0.4, 0.5) is 0 Å². The monoisotopic (exact) mass is 342 g/mol. The second-order valence-corrected chi connectivity index (χ2v) is 6.28. The molecule has 2 aromatic heterocycles. The number of aryl methyl sites for hydroxylation is 1. The number of rotatable bonds is 6. The number of aliphatic imine (C=N–C) groups is 1. The van der Waals surface area contributed by atoms with Gasteiger partial charge in [0, 0.05) is 25.0 Å². The fourth-order valence-electron chi connectivity index (χ4n) is 1.76. The minimum atomic E-state index is -0.629. The molecular weight excluding hydrogens is 324 g/mol. The first kappa shape index (κ1) is 16.7. The number of aliphatic hydroxyl groups is 1. The van der Waals surface area contributed by atoms with Gasteiger partial charge in [0.1, 0.15) is 24.8 Å². The molecule has 3 N–H and O–H groups in total. The lowest BCUT2D eigenvalue weighted by Crippen LogP contribution is -2.39. The van der Waals surface area contributed by atoms with Gasteiger partial charge in [-0.15, -0.1) is 11.3 Å². The van der Waals surface area contributed by atoms with Gasteiger partial charge in [-0.1, -0.05) is 11.6 Å². The van der Waals surface area contributed by atoms with Gasteiger partial charge in [0.05, 0.1) is 4.34 Å². The lowest BCUT2D eigenvalue weighted by Gasteiger charge is -2.14. The Labute approximate surface area is 138 Å². The van der Waals surface area contributed by atoms with Crippen LogP contribution in [0.15, 0.2) is 23.5 Å². The largest absolute Gasteiger partial charge is 0.386 e. The van der Waals surface area contributed by atoms with Gasteiger partial charge in [-0.05, 0) is 19.1 Å². The van der Waals surface area contributed by atoms with Crippen molar-refractivity contribution in [3.8, 4) is 0 Å². The quantitative estimate of drug-likeness (QED) is 0.544. The van der Waals surface area contributed by atoms with Gasteiger partial charge in [-0.25, -0.2) is 9.98 Å². The first-order valence-corrected chi connectivity index (χ1v) is 8.08. The van der Waals surface area contributed by atoms with Crippen LogP contribution in [0.5, 0.6) is 0 Å². The second kappa shape index (κ2) is 8.11. The summed E-state index contributed by atoms with van der Waals surface area (Å²) in [4.78, 5) is 9.37. The van der Waals surface area contributed by atoms with E-state index in [0.29, 0.717) is 23.4 Å². The summed E-state index contributed by atoms with van der Waals surface area (Å²) in [5, 5.41) is 20.4. The standard InChI is InChI=1S/C13H19ClN6OS/c1-3-15-13(17-7-12-18-8-19-20(12)2)16-6-9(21)10-4-5-11(14)22-10/h4-5,8-9,21H,3,6-7H2,1-2H3,(H2,15,16,17). The van der Waals surface area contributed by atoms with Gasteiger partial charge in [0.2, 0.25) is 0 Å². The second-order valence-electron chi connectivity index (χ2n) is 4.53. The molecule has 0 aliphatic rings. The van der Waals surface area contributed by atoms with Crippen molar-refractivity contribution in [1.82, 2.24) is 25.4 Å². The summed E-state index contributed by atoms with van der Waals surface area (Å²) in [6.07, 6.45) is 0.867. The van der Waals surface area contributed by atoms with Crippen LogP contribution < -0.4 is 10.6 Å². The Bertz CT molecular complexity index is 626. The third-order valence-electron chi connectivity index (χ3n) is 2.91. The van der Waals surface area contributed by atoms with Crippen LogP contribution in [0.25, 0.3) is 0 Å². The summed E-state index contributed by atoms with van der Waals surface area (Å²) < 4.78 is 2.34. The zero-order valence-electron chi connectivity index (χ0n) is 12.5. The molecule has 1 unspecified atom stereocenters. The van der Waals surface area contributed by atoms with Crippen molar-refractivity contribution in [2.24, 2.45) is 12.0 Å². The van der Waals surface area contributed by atoms with E-state index >= 15 is 0 Å². The summed E-state index contributed by atoms with van der Waals surface area (Å²) in [5.74, 6) is 1.38. The Morgan fingerprint density at radius 1 is 1.50 bits per heavy atom. The van der Waals surface area contributed by atoms with Gasteiger partial charge in [0.25, 0.3) is 0 Å². The van der Waals surface area contributed by atoms with Gasteiger partial charge in [-0.2, -0.15) is 5.10 Å². The number of aliphatic hydroxyl groups excluding tert-OH is 1. The third-order valence-corrected chi connectivity index (χ3v) is 4.25. The van der Waals surface area contributed by atoms with Crippen LogP contribution in [-0.2, 0) is 13.6 Å². The maximum atomic E-state index is 10.1. The summed E-state index contributed by atoms with van der Waals surface area (Å²) in [7, 11) is 1.82. The van der Waals surface area contributed by atoms with E-state index in [-0.39, 0.29) is 0 Å². The highest BCUT2D eigenvalue weighted by molar-refractivity contribution is 7.16. The maximum absolute atomic E-state index is 10.1. The van der Waals surface area contributed by atoms with Gasteiger partial charge >= 0.3 is 0 Å². The Morgan fingerprint density at radius 3 is 2.91 bits per heavy atom. The van der Waals surface area contributed by atoms with Gasteiger partial charge in [-0.3, -0.25) is 4.68 Å². The lowest BCUT2D eigenvalue weighted by molar-refractivity contribution is 0.184. The van der Waals surface area contributed by atoms with E-state index in [1.807, 2.05) is 20.0 Å². The molecule has 0 spiro atoms. The summed E-state index contributed by atoms with van der Waals surface area (Å²) in [5.41, 5.74) is 0. The normalized spacial score (nSPS) is 13.2. The predicted molar refractivity (Wildman–Crippen MR) is 88.1 cm³/mol. The van der Waals surface area contributed by atoms with E-state index in [0.717, 1.165) is 17.2 Å². The minimum Gasteiger partial charge on any atom is -0.386 e. The average Bonchev–Trinajstić information content (AvgIpc) is 3.10. The van der Waals surface area contributed by atoms with Gasteiger partial charge < -0.3 is 15.7 Å². The molecule has 0 saturated carbocycles. The molecule has 2 rings (SSSR count). The molecule has 0 fully saturated rings. The number of thiophene rings is 1. The maximum Gasteiger partial charge on any atom is 0.191 e. The number of nitrogens with zero attached hydrogens (tertiary/aromatic N) is 4. The summed E-state index contributed by atoms with van der Waals surface area (Å²) >= 11 is 7.24. The molecule has 2 aromatic rings. The highest BCUT2D eigenvalue weighted by Gasteiger charge is 2.11. The van der Waals surface area contributed by atoms with Crippen molar-refractivity contribution in [2.75, 3.05) is 13.1 Å². The lowest BCUT2D eigenvalue weighted by atomic mass is 10.3. The molecule has 0 aliphatic carbocycles. The fraction of sp³-hybridized carbons (Fsp3) is 0.462. The smallest absolute Gasteiger partial charge is 0.191 e. The molecule has 2 heterocycles. The number of hydrogen-bond donors (Lipinski definition) is 3. The predicted octanol–water partition coefficient (Wildman–Crippen LogP) is 1.32. The Hall–Kier alpha value is -1.64. The molecule has 0 amide bonds. The third kappa shape index (κ3) is 4.69. The molecule has 0 aromatic carbocycles. The Balaban J connectivity index is 1.92. The summed E-state index contributed by atoms with van der Waals surface area (Å²) in [6.45, 7) is 3.47. The first-order chi connectivity index (χ1) is 10.6. The highest BCUT2D eigenvalue weighted by Crippen LogP contribution is 2.26. The molecular formula is C13H19ClN6OS. The first-order valence-electron chi connectivity index (χ1n) is 6.88. The van der Waals surface area contributed by atoms with E-state index in [9.17, 15) is 5.11 Å². The van der Waals surface area contributed by atoms with Crippen LogP contribution in [0.1, 0.15) is 23.7 Å². The molecule has 7 nitrogen and oxygen atoms in total. The topological polar surface area (TPSA) is 87.4 Å². The van der Waals surface area contributed by atoms with Crippen LogP contribution in [0, 0.1) is 0 Å². The van der Waals surface area contributed by atoms with E-state index in [1.54, 1.807) is 10.7 Å². The molecule has 1 atom stereocenters. The Morgan fingerprint density at radius 2 is 2.32 bits per heavy atom. The van der Waals surface area contributed by atoms with Crippen molar-refractivity contribution in [3.05, 3.63) is 33.5 Å². The molecule has 22 heavy (non-hydrogen) atoms. The number of hydrogen-bond acceptors (Lipinski definition) is 5. The fourth-order valence-corrected chi connectivity index (χ4v) is 2.80. The van der Waals surface area contributed by atoms with Crippen LogP contribution >= 0.6 is 22.9 Å². The summed E-state index contributed by atoms with van der Waals surface area (Å²) in [6, 6.07) is 3.60. The zero-order chi connectivity index (χ0) is 15.9. The van der Waals surface area contributed by atoms with Crippen LogP contribution in [0.2, 0.25) is 4.34 Å². The molecule has 0 radical (unpaired) electrons. The van der Waals surface area contributed by atoms with Crippen molar-refractivity contribution in [1.29, 1.82) is 0 Å². The number of nitrogens with one attached hydrogen (secondary N) is 2. The Kier molecular flexibility index (Phi) is 6.17. The number of guanidine groups is 1. The molecule has 0 aliphatic heterocycles. The molecule has 0 bridgehead atoms. The van der Waals surface area contributed by atoms with E-state index in [1.165, 1.54) is 17.7 Å². The van der Waals surface area contributed by atoms with E-state index in [4.69, 9.17) is 11.6 Å². The van der Waals surface area contributed by atoms with Crippen LogP contribution in [0.3, 0.4) is 0 Å². The van der Waals surface area contributed by atoms with E-state index in [2.05, 4.69) is 25.7 Å². The van der Waals surface area contributed by atoms with Crippen molar-refractivity contribution in [2.45, 2.75) is 19.6 Å². The van der Waals surface area contributed by atoms with Crippen molar-refractivity contribution in [3.63, 3.8) is 0 Å². The molecule has 120 valence electrons. The average molecular weight is 343 g/mol. The number of aromatic nitrogens is 3. The van der Waals surface area contributed by atoms with E-state index < -0.39 is 6.10 Å². The minimum absolute atomic E-state index is 0.349. The highest BCUT2D eigenvalue weighted by atomic mass is 35.5. The SMILES string of the molecule is CCNC(=NCc1ncnn1C)NCC(O)c1ccc(Cl)s1. The van der Waals surface area contributed by atoms with Crippen LogP contribution in [-0.4, -0.2) is 38.9 Å². The van der Waals surface area contributed by atoms with Gasteiger partial charge in [0.15, 0.2) is 5.96 Å². The number of halogens is 1. The van der Waals surface area contributed by atoms with Crippen molar-refractivity contribution >= 4 is 28.9 Å². The van der Waals surface area contributed by atoms with Crippen molar-refractivity contribution < 1.29 is 5.11 Å². The molecule has 9 heteroatoms.